The number of hydrogen-bond donors (Lipinski definition) is 1. The van der Waals surface area contributed by atoms with Crippen molar-refractivity contribution in [3.8, 4) is 0 Å². The number of aliphatic hydroxyl groups is 1. The Morgan fingerprint density at radius 3 is 2.18 bits per heavy atom. The number of hydrogen-bond acceptors (Lipinski definition) is 4. The monoisotopic (exact) mass is 244 g/mol. The summed E-state index contributed by atoms with van der Waals surface area (Å²) in [4.78, 5) is 10.9. The first-order valence-electron chi connectivity index (χ1n) is 6.32. The van der Waals surface area contributed by atoms with Crippen LogP contribution in [0.25, 0.3) is 0 Å². The first-order valence-corrected chi connectivity index (χ1v) is 6.32. The predicted octanol–water partition coefficient (Wildman–Crippen LogP) is 1.69. The van der Waals surface area contributed by atoms with Gasteiger partial charge in [-0.05, 0) is 46.5 Å². The minimum atomic E-state index is -0.428. The Balaban J connectivity index is 2.19. The van der Waals surface area contributed by atoms with Crippen LogP contribution >= 0.6 is 0 Å². The standard InChI is InChI=1S/C13H24O4/c1-13(2,3)17-12-6-4-11(5-7-12)16-9-10(15)8-14/h11-12,14H,4-9H2,1-3H3. The number of rotatable bonds is 5. The Bertz CT molecular complexity index is 236. The lowest BCUT2D eigenvalue weighted by molar-refractivity contribution is -0.131. The van der Waals surface area contributed by atoms with Gasteiger partial charge in [0, 0.05) is 0 Å². The van der Waals surface area contributed by atoms with E-state index in [1.165, 1.54) is 0 Å². The summed E-state index contributed by atoms with van der Waals surface area (Å²) in [5.74, 6) is -0.252. The molecule has 0 heterocycles. The zero-order chi connectivity index (χ0) is 12.9. The van der Waals surface area contributed by atoms with Crippen LogP contribution in [0.2, 0.25) is 0 Å². The van der Waals surface area contributed by atoms with Crippen molar-refractivity contribution in [2.75, 3.05) is 13.2 Å². The van der Waals surface area contributed by atoms with Gasteiger partial charge in [-0.25, -0.2) is 0 Å². The molecule has 1 saturated carbocycles. The molecule has 17 heavy (non-hydrogen) atoms. The van der Waals surface area contributed by atoms with E-state index in [1.807, 2.05) is 0 Å². The van der Waals surface area contributed by atoms with Gasteiger partial charge in [0.15, 0.2) is 5.78 Å². The van der Waals surface area contributed by atoms with Gasteiger partial charge in [-0.3, -0.25) is 4.79 Å². The average molecular weight is 244 g/mol. The second kappa shape index (κ2) is 6.47. The molecular formula is C13H24O4. The third kappa shape index (κ3) is 6.15. The molecule has 1 rings (SSSR count). The van der Waals surface area contributed by atoms with Gasteiger partial charge in [-0.2, -0.15) is 0 Å². The highest BCUT2D eigenvalue weighted by molar-refractivity contribution is 5.80. The fraction of sp³-hybridized carbons (Fsp3) is 0.923. The van der Waals surface area contributed by atoms with Crippen molar-refractivity contribution in [2.24, 2.45) is 0 Å². The van der Waals surface area contributed by atoms with Gasteiger partial charge in [0.05, 0.1) is 17.8 Å². The lowest BCUT2D eigenvalue weighted by atomic mass is 9.94. The van der Waals surface area contributed by atoms with Crippen LogP contribution in [0, 0.1) is 0 Å². The molecule has 4 heteroatoms. The fourth-order valence-corrected chi connectivity index (χ4v) is 2.07. The molecule has 0 aromatic carbocycles. The number of ketones is 1. The summed E-state index contributed by atoms with van der Waals surface area (Å²) in [6.07, 6.45) is 4.28. The minimum absolute atomic E-state index is 0.0337. The molecule has 0 aromatic heterocycles. The van der Waals surface area contributed by atoms with E-state index in [1.54, 1.807) is 0 Å². The fourth-order valence-electron chi connectivity index (χ4n) is 2.07. The van der Waals surface area contributed by atoms with Crippen LogP contribution < -0.4 is 0 Å². The molecule has 0 amide bonds. The van der Waals surface area contributed by atoms with Crippen LogP contribution in [0.3, 0.4) is 0 Å². The molecule has 0 bridgehead atoms. The van der Waals surface area contributed by atoms with Gasteiger partial charge in [0.1, 0.15) is 13.2 Å². The molecule has 0 unspecified atom stereocenters. The summed E-state index contributed by atoms with van der Waals surface area (Å²) < 4.78 is 11.4. The van der Waals surface area contributed by atoms with Gasteiger partial charge in [0.25, 0.3) is 0 Å². The summed E-state index contributed by atoms with van der Waals surface area (Å²) in [6, 6.07) is 0. The normalized spacial score (nSPS) is 25.9. The second-order valence-corrected chi connectivity index (χ2v) is 5.64. The molecular weight excluding hydrogens is 220 g/mol. The predicted molar refractivity (Wildman–Crippen MR) is 64.9 cm³/mol. The molecule has 0 spiro atoms. The maximum absolute atomic E-state index is 10.9. The van der Waals surface area contributed by atoms with Crippen molar-refractivity contribution in [1.82, 2.24) is 0 Å². The minimum Gasteiger partial charge on any atom is -0.388 e. The molecule has 1 aliphatic carbocycles. The molecule has 0 aromatic rings. The lowest BCUT2D eigenvalue weighted by Crippen LogP contribution is -2.33. The smallest absolute Gasteiger partial charge is 0.183 e. The summed E-state index contributed by atoms with van der Waals surface area (Å²) in [5, 5.41) is 8.58. The number of aliphatic hydroxyl groups excluding tert-OH is 1. The Labute approximate surface area is 103 Å². The van der Waals surface area contributed by atoms with Gasteiger partial charge in [0.2, 0.25) is 0 Å². The largest absolute Gasteiger partial charge is 0.388 e. The number of carbonyl (C=O) groups is 1. The van der Waals surface area contributed by atoms with E-state index in [0.29, 0.717) is 6.10 Å². The first kappa shape index (κ1) is 14.6. The highest BCUT2D eigenvalue weighted by Gasteiger charge is 2.26. The molecule has 0 atom stereocenters. The van der Waals surface area contributed by atoms with E-state index >= 15 is 0 Å². The Morgan fingerprint density at radius 1 is 1.18 bits per heavy atom. The SMILES string of the molecule is CC(C)(C)OC1CCC(OCC(=O)CO)CC1. The highest BCUT2D eigenvalue weighted by atomic mass is 16.5. The second-order valence-electron chi connectivity index (χ2n) is 5.64. The summed E-state index contributed by atoms with van der Waals surface area (Å²) >= 11 is 0. The zero-order valence-corrected chi connectivity index (χ0v) is 11.1. The molecule has 1 fully saturated rings. The quantitative estimate of drug-likeness (QED) is 0.799. The lowest BCUT2D eigenvalue weighted by Gasteiger charge is -2.33. The van der Waals surface area contributed by atoms with Crippen molar-refractivity contribution in [2.45, 2.75) is 64.3 Å². The number of ether oxygens (including phenoxy) is 2. The van der Waals surface area contributed by atoms with Crippen LogP contribution in [0.15, 0.2) is 0 Å². The van der Waals surface area contributed by atoms with E-state index in [-0.39, 0.29) is 24.1 Å². The maximum Gasteiger partial charge on any atom is 0.183 e. The van der Waals surface area contributed by atoms with E-state index in [4.69, 9.17) is 14.6 Å². The summed E-state index contributed by atoms with van der Waals surface area (Å²) in [6.45, 7) is 5.80. The molecule has 100 valence electrons. The molecule has 0 aliphatic heterocycles. The first-order chi connectivity index (χ1) is 7.90. The number of Topliss-reactive ketones (excluding diaryl/α,β-unsaturated/α-hetero) is 1. The van der Waals surface area contributed by atoms with Crippen LogP contribution in [0.5, 0.6) is 0 Å². The summed E-state index contributed by atoms with van der Waals surface area (Å²) in [5.41, 5.74) is -0.0920. The van der Waals surface area contributed by atoms with Crippen molar-refractivity contribution < 1.29 is 19.4 Å². The van der Waals surface area contributed by atoms with Crippen molar-refractivity contribution in [3.63, 3.8) is 0 Å². The Hall–Kier alpha value is -0.450. The third-order valence-electron chi connectivity index (χ3n) is 2.80. The van der Waals surface area contributed by atoms with Gasteiger partial charge < -0.3 is 14.6 Å². The van der Waals surface area contributed by atoms with Crippen molar-refractivity contribution in [1.29, 1.82) is 0 Å². The van der Waals surface area contributed by atoms with Crippen LogP contribution in [0.1, 0.15) is 46.5 Å². The topological polar surface area (TPSA) is 55.8 Å². The van der Waals surface area contributed by atoms with Gasteiger partial charge in [-0.1, -0.05) is 0 Å². The van der Waals surface area contributed by atoms with Crippen molar-refractivity contribution >= 4 is 5.78 Å². The highest BCUT2D eigenvalue weighted by Crippen LogP contribution is 2.26. The average Bonchev–Trinajstić information content (AvgIpc) is 2.25. The Morgan fingerprint density at radius 2 is 1.71 bits per heavy atom. The Kier molecular flexibility index (Phi) is 5.56. The van der Waals surface area contributed by atoms with E-state index < -0.39 is 6.61 Å². The maximum atomic E-state index is 10.9. The zero-order valence-electron chi connectivity index (χ0n) is 11.1. The molecule has 0 radical (unpaired) electrons. The van der Waals surface area contributed by atoms with Crippen molar-refractivity contribution in [3.05, 3.63) is 0 Å². The van der Waals surface area contributed by atoms with Gasteiger partial charge in [-0.15, -0.1) is 0 Å². The number of carbonyl (C=O) groups excluding carboxylic acids is 1. The molecule has 1 aliphatic rings. The van der Waals surface area contributed by atoms with Crippen LogP contribution in [-0.4, -0.2) is 41.9 Å². The summed E-state index contributed by atoms with van der Waals surface area (Å²) in [7, 11) is 0. The van der Waals surface area contributed by atoms with Crippen LogP contribution in [-0.2, 0) is 14.3 Å². The molecule has 1 N–H and O–H groups in total. The van der Waals surface area contributed by atoms with Crippen LogP contribution in [0.4, 0.5) is 0 Å². The third-order valence-corrected chi connectivity index (χ3v) is 2.80. The van der Waals surface area contributed by atoms with E-state index in [0.717, 1.165) is 25.7 Å². The van der Waals surface area contributed by atoms with E-state index in [2.05, 4.69) is 20.8 Å². The van der Waals surface area contributed by atoms with E-state index in [9.17, 15) is 4.79 Å². The molecule has 0 saturated heterocycles. The molecule has 4 nitrogen and oxygen atoms in total. The van der Waals surface area contributed by atoms with Gasteiger partial charge >= 0.3 is 0 Å².